The number of pyridine rings is 1. The van der Waals surface area contributed by atoms with Crippen LogP contribution >= 0.6 is 0 Å². The van der Waals surface area contributed by atoms with E-state index in [1.807, 2.05) is 6.92 Å². The van der Waals surface area contributed by atoms with E-state index in [2.05, 4.69) is 29.7 Å². The zero-order valence-electron chi connectivity index (χ0n) is 10.9. The highest BCUT2D eigenvalue weighted by Gasteiger charge is 2.14. The van der Waals surface area contributed by atoms with Crippen LogP contribution in [0, 0.1) is 0 Å². The molecule has 0 atom stereocenters. The van der Waals surface area contributed by atoms with Gasteiger partial charge in [-0.2, -0.15) is 4.98 Å². The molecule has 0 unspecified atom stereocenters. The number of anilines is 1. The second kappa shape index (κ2) is 6.44. The summed E-state index contributed by atoms with van der Waals surface area (Å²) in [6.07, 6.45) is 3.02. The molecule has 9 heteroatoms. The topological polar surface area (TPSA) is 110 Å². The first-order chi connectivity index (χ1) is 9.62. The zero-order chi connectivity index (χ0) is 14.4. The number of hydrogen-bond acceptors (Lipinski definition) is 7. The van der Waals surface area contributed by atoms with E-state index in [9.17, 15) is 8.42 Å². The van der Waals surface area contributed by atoms with E-state index in [-0.39, 0.29) is 11.4 Å². The molecule has 108 valence electrons. The molecule has 2 N–H and O–H groups in total. The molecule has 0 aliphatic carbocycles. The quantitative estimate of drug-likeness (QED) is 0.762. The molecule has 0 radical (unpaired) electrons. The maximum absolute atomic E-state index is 12.1. The molecule has 2 rings (SSSR count). The van der Waals surface area contributed by atoms with E-state index in [1.165, 1.54) is 24.7 Å². The van der Waals surface area contributed by atoms with Crippen molar-refractivity contribution < 1.29 is 12.9 Å². The Balaban J connectivity index is 2.00. The minimum Gasteiger partial charge on any atom is -0.370 e. The van der Waals surface area contributed by atoms with Gasteiger partial charge < -0.3 is 9.84 Å². The fraction of sp³-hybridized carbons (Fsp3) is 0.364. The first-order valence-electron chi connectivity index (χ1n) is 6.06. The van der Waals surface area contributed by atoms with Crippen LogP contribution in [0.3, 0.4) is 0 Å². The summed E-state index contributed by atoms with van der Waals surface area (Å²) in [7, 11) is -3.57. The number of sulfonamides is 1. The number of nitrogens with zero attached hydrogens (tertiary/aromatic N) is 3. The van der Waals surface area contributed by atoms with Gasteiger partial charge in [0.1, 0.15) is 5.82 Å². The van der Waals surface area contributed by atoms with Crippen molar-refractivity contribution in [1.29, 1.82) is 0 Å². The summed E-state index contributed by atoms with van der Waals surface area (Å²) in [5, 5.41) is 6.57. The largest absolute Gasteiger partial charge is 0.370 e. The molecule has 8 nitrogen and oxygen atoms in total. The minimum absolute atomic E-state index is 0.163. The highest BCUT2D eigenvalue weighted by Crippen LogP contribution is 2.12. The van der Waals surface area contributed by atoms with Crippen molar-refractivity contribution in [3.8, 4) is 0 Å². The molecule has 2 heterocycles. The minimum atomic E-state index is -3.57. The molecule has 0 aromatic carbocycles. The Morgan fingerprint density at radius 3 is 2.90 bits per heavy atom. The van der Waals surface area contributed by atoms with Crippen molar-refractivity contribution in [2.24, 2.45) is 0 Å². The Kier molecular flexibility index (Phi) is 4.64. The lowest BCUT2D eigenvalue weighted by Gasteiger charge is -2.07. The van der Waals surface area contributed by atoms with E-state index < -0.39 is 10.0 Å². The van der Waals surface area contributed by atoms with Crippen LogP contribution in [0.25, 0.3) is 0 Å². The first kappa shape index (κ1) is 14.4. The molecule has 0 bridgehead atoms. The lowest BCUT2D eigenvalue weighted by atomic mass is 10.4. The third-order valence-electron chi connectivity index (χ3n) is 2.45. The van der Waals surface area contributed by atoms with Crippen molar-refractivity contribution in [3.63, 3.8) is 0 Å². The van der Waals surface area contributed by atoms with Crippen LogP contribution in [0.5, 0.6) is 0 Å². The summed E-state index contributed by atoms with van der Waals surface area (Å²) < 4.78 is 31.2. The van der Waals surface area contributed by atoms with Crippen LogP contribution in [-0.4, -0.2) is 36.6 Å². The van der Waals surface area contributed by atoms with Gasteiger partial charge in [-0.3, -0.25) is 0 Å². The van der Waals surface area contributed by atoms with Gasteiger partial charge in [-0.25, -0.2) is 18.1 Å². The molecule has 2 aromatic heterocycles. The number of rotatable bonds is 7. The zero-order valence-corrected chi connectivity index (χ0v) is 11.7. The smallest absolute Gasteiger partial charge is 0.240 e. The van der Waals surface area contributed by atoms with Crippen LogP contribution in [0.4, 0.5) is 5.82 Å². The van der Waals surface area contributed by atoms with Gasteiger partial charge >= 0.3 is 0 Å². The van der Waals surface area contributed by atoms with Crippen molar-refractivity contribution in [3.05, 3.63) is 30.5 Å². The van der Waals surface area contributed by atoms with E-state index in [1.54, 1.807) is 0 Å². The van der Waals surface area contributed by atoms with Crippen LogP contribution < -0.4 is 10.0 Å². The second-order valence-electron chi connectivity index (χ2n) is 3.90. The van der Waals surface area contributed by atoms with Crippen LogP contribution in [-0.2, 0) is 16.4 Å². The van der Waals surface area contributed by atoms with E-state index in [0.717, 1.165) is 0 Å². The predicted molar refractivity (Wildman–Crippen MR) is 71.6 cm³/mol. The summed E-state index contributed by atoms with van der Waals surface area (Å²) in [6, 6.07) is 2.93. The normalized spacial score (nSPS) is 11.4. The summed E-state index contributed by atoms with van der Waals surface area (Å²) >= 11 is 0. The molecule has 0 saturated heterocycles. The van der Waals surface area contributed by atoms with Gasteiger partial charge in [-0.15, -0.1) is 0 Å². The van der Waals surface area contributed by atoms with Gasteiger partial charge in [0.05, 0.1) is 4.90 Å². The van der Waals surface area contributed by atoms with E-state index in [4.69, 9.17) is 0 Å². The monoisotopic (exact) mass is 297 g/mol. The Labute approximate surface area is 116 Å². The average Bonchev–Trinajstić information content (AvgIpc) is 2.92. The molecule has 0 aliphatic heterocycles. The van der Waals surface area contributed by atoms with Crippen LogP contribution in [0.15, 0.2) is 34.1 Å². The number of nitrogens with one attached hydrogen (secondary N) is 2. The van der Waals surface area contributed by atoms with Gasteiger partial charge in [-0.1, -0.05) is 5.16 Å². The lowest BCUT2D eigenvalue weighted by Crippen LogP contribution is -2.26. The van der Waals surface area contributed by atoms with E-state index in [0.29, 0.717) is 24.6 Å². The van der Waals surface area contributed by atoms with Gasteiger partial charge in [0.15, 0.2) is 5.82 Å². The molecule has 0 amide bonds. The third kappa shape index (κ3) is 3.75. The van der Waals surface area contributed by atoms with Crippen molar-refractivity contribution in [1.82, 2.24) is 19.8 Å². The van der Waals surface area contributed by atoms with Gasteiger partial charge in [0.25, 0.3) is 0 Å². The highest BCUT2D eigenvalue weighted by molar-refractivity contribution is 7.89. The summed E-state index contributed by atoms with van der Waals surface area (Å²) in [6.45, 7) is 2.77. The molecule has 0 saturated carbocycles. The van der Waals surface area contributed by atoms with E-state index >= 15 is 0 Å². The molecular weight excluding hydrogens is 282 g/mol. The fourth-order valence-electron chi connectivity index (χ4n) is 1.54. The molecule has 0 aliphatic rings. The predicted octanol–water partition coefficient (Wildman–Crippen LogP) is 0.417. The maximum atomic E-state index is 12.1. The maximum Gasteiger partial charge on any atom is 0.240 e. The Morgan fingerprint density at radius 1 is 1.35 bits per heavy atom. The summed E-state index contributed by atoms with van der Waals surface area (Å²) in [5.41, 5.74) is 0. The molecule has 0 fully saturated rings. The summed E-state index contributed by atoms with van der Waals surface area (Å²) in [4.78, 5) is 8.01. The SMILES string of the molecule is CCNc1cc(S(=O)(=O)NCCc2ncon2)ccn1. The van der Waals surface area contributed by atoms with Crippen LogP contribution in [0.2, 0.25) is 0 Å². The first-order valence-corrected chi connectivity index (χ1v) is 7.55. The third-order valence-corrected chi connectivity index (χ3v) is 3.91. The molecule has 0 spiro atoms. The Morgan fingerprint density at radius 2 is 2.20 bits per heavy atom. The second-order valence-corrected chi connectivity index (χ2v) is 5.67. The Bertz CT molecular complexity index is 642. The Hall–Kier alpha value is -2.00. The van der Waals surface area contributed by atoms with Crippen molar-refractivity contribution >= 4 is 15.8 Å². The van der Waals surface area contributed by atoms with Gasteiger partial charge in [0.2, 0.25) is 16.4 Å². The number of hydrogen-bond donors (Lipinski definition) is 2. The molecule has 2 aromatic rings. The van der Waals surface area contributed by atoms with Crippen molar-refractivity contribution in [2.45, 2.75) is 18.2 Å². The molecule has 20 heavy (non-hydrogen) atoms. The van der Waals surface area contributed by atoms with Gasteiger partial charge in [-0.05, 0) is 13.0 Å². The van der Waals surface area contributed by atoms with Crippen LogP contribution in [0.1, 0.15) is 12.7 Å². The lowest BCUT2D eigenvalue weighted by molar-refractivity contribution is 0.410. The highest BCUT2D eigenvalue weighted by atomic mass is 32.2. The standard InChI is InChI=1S/C11H15N5O3S/c1-2-12-11-7-9(3-5-13-11)20(17,18)15-6-4-10-14-8-19-16-10/h3,5,7-8,15H,2,4,6H2,1H3,(H,12,13). The fourth-order valence-corrected chi connectivity index (χ4v) is 2.58. The van der Waals surface area contributed by atoms with Crippen molar-refractivity contribution in [2.75, 3.05) is 18.4 Å². The number of aromatic nitrogens is 3. The summed E-state index contributed by atoms with van der Waals surface area (Å²) in [5.74, 6) is 0.976. The average molecular weight is 297 g/mol. The van der Waals surface area contributed by atoms with Gasteiger partial charge in [0, 0.05) is 31.8 Å². The molecular formula is C11H15N5O3S.